The molecule has 0 atom stereocenters. The molecule has 4 nitrogen and oxygen atoms in total. The zero-order valence-corrected chi connectivity index (χ0v) is 17.0. The Morgan fingerprint density at radius 3 is 2.30 bits per heavy atom. The predicted octanol–water partition coefficient (Wildman–Crippen LogP) is 5.52. The van der Waals surface area contributed by atoms with E-state index < -0.39 is 0 Å². The Kier molecular flexibility index (Phi) is 6.06. The standard InChI is InChI=1S/C25H20ClN3O/c26-22-14-11-19(12-15-22)13-16-24(30)27-17-21-18-29(23-9-5-2-6-10-23)28-25(21)20-7-3-1-4-8-20/h1-16,18H,17H2,(H,27,30). The molecule has 0 fully saturated rings. The van der Waals surface area contributed by atoms with E-state index in [1.165, 1.54) is 6.08 Å². The quantitative estimate of drug-likeness (QED) is 0.423. The molecule has 148 valence electrons. The molecule has 0 aliphatic rings. The van der Waals surface area contributed by atoms with Gasteiger partial charge in [0.15, 0.2) is 0 Å². The van der Waals surface area contributed by atoms with Gasteiger partial charge in [-0.05, 0) is 35.9 Å². The van der Waals surface area contributed by atoms with Crippen molar-refractivity contribution in [2.24, 2.45) is 0 Å². The highest BCUT2D eigenvalue weighted by molar-refractivity contribution is 6.30. The van der Waals surface area contributed by atoms with Crippen molar-refractivity contribution in [3.63, 3.8) is 0 Å². The fourth-order valence-corrected chi connectivity index (χ4v) is 3.20. The number of rotatable bonds is 6. The monoisotopic (exact) mass is 413 g/mol. The molecule has 1 heterocycles. The number of carbonyl (C=O) groups excluding carboxylic acids is 1. The second-order valence-corrected chi connectivity index (χ2v) is 7.19. The van der Waals surface area contributed by atoms with Gasteiger partial charge in [-0.25, -0.2) is 4.68 Å². The van der Waals surface area contributed by atoms with Crippen molar-refractivity contribution >= 4 is 23.6 Å². The summed E-state index contributed by atoms with van der Waals surface area (Å²) in [5.74, 6) is -0.170. The first-order valence-electron chi connectivity index (χ1n) is 9.60. The van der Waals surface area contributed by atoms with Gasteiger partial charge in [-0.15, -0.1) is 0 Å². The van der Waals surface area contributed by atoms with Gasteiger partial charge in [-0.1, -0.05) is 72.3 Å². The van der Waals surface area contributed by atoms with Crippen LogP contribution >= 0.6 is 11.6 Å². The summed E-state index contributed by atoms with van der Waals surface area (Å²) in [6.45, 7) is 0.376. The van der Waals surface area contributed by atoms with E-state index in [9.17, 15) is 4.79 Å². The number of hydrogen-bond acceptors (Lipinski definition) is 2. The Balaban J connectivity index is 1.53. The van der Waals surface area contributed by atoms with Crippen LogP contribution in [-0.4, -0.2) is 15.7 Å². The summed E-state index contributed by atoms with van der Waals surface area (Å²) in [6.07, 6.45) is 5.24. The molecule has 30 heavy (non-hydrogen) atoms. The Morgan fingerprint density at radius 2 is 1.60 bits per heavy atom. The molecular formula is C25H20ClN3O. The van der Waals surface area contributed by atoms with Crippen LogP contribution in [0.25, 0.3) is 23.0 Å². The molecule has 1 N–H and O–H groups in total. The van der Waals surface area contributed by atoms with Gasteiger partial charge in [0, 0.05) is 35.0 Å². The minimum Gasteiger partial charge on any atom is -0.348 e. The molecule has 0 spiro atoms. The second-order valence-electron chi connectivity index (χ2n) is 6.75. The summed E-state index contributed by atoms with van der Waals surface area (Å²) >= 11 is 5.89. The average molecular weight is 414 g/mol. The lowest BCUT2D eigenvalue weighted by atomic mass is 10.1. The number of benzene rings is 3. The van der Waals surface area contributed by atoms with Gasteiger partial charge >= 0.3 is 0 Å². The van der Waals surface area contributed by atoms with E-state index in [0.717, 1.165) is 28.1 Å². The highest BCUT2D eigenvalue weighted by atomic mass is 35.5. The molecule has 4 aromatic rings. The van der Waals surface area contributed by atoms with Crippen LogP contribution < -0.4 is 5.32 Å². The first kappa shape index (κ1) is 19.7. The van der Waals surface area contributed by atoms with Crippen LogP contribution in [0, 0.1) is 0 Å². The van der Waals surface area contributed by atoms with Crippen LogP contribution in [0.3, 0.4) is 0 Å². The van der Waals surface area contributed by atoms with E-state index in [-0.39, 0.29) is 5.91 Å². The molecule has 4 rings (SSSR count). The van der Waals surface area contributed by atoms with Gasteiger partial charge in [-0.2, -0.15) is 5.10 Å². The normalized spacial score (nSPS) is 11.0. The molecule has 0 unspecified atom stereocenters. The first-order chi connectivity index (χ1) is 14.7. The molecule has 0 aliphatic carbocycles. The first-order valence-corrected chi connectivity index (χ1v) is 9.98. The molecule has 5 heteroatoms. The number of carbonyl (C=O) groups is 1. The number of halogens is 1. The van der Waals surface area contributed by atoms with Crippen molar-refractivity contribution in [1.82, 2.24) is 15.1 Å². The Morgan fingerprint density at radius 1 is 0.933 bits per heavy atom. The topological polar surface area (TPSA) is 46.9 Å². The van der Waals surface area contributed by atoms with Crippen LogP contribution in [-0.2, 0) is 11.3 Å². The highest BCUT2D eigenvalue weighted by Gasteiger charge is 2.12. The molecule has 0 radical (unpaired) electrons. The van der Waals surface area contributed by atoms with E-state index in [4.69, 9.17) is 16.7 Å². The largest absolute Gasteiger partial charge is 0.348 e. The zero-order valence-electron chi connectivity index (χ0n) is 16.2. The number of aromatic nitrogens is 2. The van der Waals surface area contributed by atoms with Crippen LogP contribution in [0.15, 0.2) is 97.2 Å². The van der Waals surface area contributed by atoms with Crippen LogP contribution in [0.2, 0.25) is 5.02 Å². The maximum absolute atomic E-state index is 12.3. The molecule has 0 saturated heterocycles. The van der Waals surface area contributed by atoms with Crippen LogP contribution in [0.4, 0.5) is 0 Å². The number of nitrogens with zero attached hydrogens (tertiary/aromatic N) is 2. The average Bonchev–Trinajstić information content (AvgIpc) is 3.23. The van der Waals surface area contributed by atoms with E-state index in [1.54, 1.807) is 18.2 Å². The summed E-state index contributed by atoms with van der Waals surface area (Å²) in [5, 5.41) is 8.38. The van der Waals surface area contributed by atoms with Crippen molar-refractivity contribution in [3.05, 3.63) is 113 Å². The molecule has 1 amide bonds. The number of amides is 1. The molecule has 0 aliphatic heterocycles. The Labute approximate surface area is 180 Å². The lowest BCUT2D eigenvalue weighted by Gasteiger charge is -2.03. The fourth-order valence-electron chi connectivity index (χ4n) is 3.08. The van der Waals surface area contributed by atoms with E-state index in [0.29, 0.717) is 11.6 Å². The lowest BCUT2D eigenvalue weighted by Crippen LogP contribution is -2.20. The van der Waals surface area contributed by atoms with E-state index >= 15 is 0 Å². The van der Waals surface area contributed by atoms with Crippen molar-refractivity contribution in [2.75, 3.05) is 0 Å². The fraction of sp³-hybridized carbons (Fsp3) is 0.0400. The third kappa shape index (κ3) is 4.85. The third-order valence-corrected chi connectivity index (χ3v) is 4.86. The maximum atomic E-state index is 12.3. The molecule has 0 saturated carbocycles. The van der Waals surface area contributed by atoms with Crippen molar-refractivity contribution in [1.29, 1.82) is 0 Å². The minimum atomic E-state index is -0.170. The highest BCUT2D eigenvalue weighted by Crippen LogP contribution is 2.23. The molecule has 1 aromatic heterocycles. The summed E-state index contributed by atoms with van der Waals surface area (Å²) < 4.78 is 1.84. The van der Waals surface area contributed by atoms with Crippen molar-refractivity contribution in [2.45, 2.75) is 6.54 Å². The van der Waals surface area contributed by atoms with Crippen LogP contribution in [0.1, 0.15) is 11.1 Å². The van der Waals surface area contributed by atoms with Crippen LogP contribution in [0.5, 0.6) is 0 Å². The summed E-state index contributed by atoms with van der Waals surface area (Å²) in [6, 6.07) is 27.2. The summed E-state index contributed by atoms with van der Waals surface area (Å²) in [7, 11) is 0. The lowest BCUT2D eigenvalue weighted by molar-refractivity contribution is -0.116. The number of hydrogen-bond donors (Lipinski definition) is 1. The van der Waals surface area contributed by atoms with E-state index in [2.05, 4.69) is 5.32 Å². The second kappa shape index (κ2) is 9.25. The molecular weight excluding hydrogens is 394 g/mol. The van der Waals surface area contributed by atoms with Gasteiger partial charge < -0.3 is 5.32 Å². The third-order valence-electron chi connectivity index (χ3n) is 4.61. The molecule has 0 bridgehead atoms. The number of para-hydroxylation sites is 1. The summed E-state index contributed by atoms with van der Waals surface area (Å²) in [5.41, 5.74) is 4.68. The van der Waals surface area contributed by atoms with Crippen molar-refractivity contribution < 1.29 is 4.79 Å². The van der Waals surface area contributed by atoms with Gasteiger partial charge in [0.05, 0.1) is 11.4 Å². The zero-order chi connectivity index (χ0) is 20.8. The molecule has 3 aromatic carbocycles. The smallest absolute Gasteiger partial charge is 0.244 e. The van der Waals surface area contributed by atoms with Gasteiger partial charge in [0.1, 0.15) is 0 Å². The summed E-state index contributed by atoms with van der Waals surface area (Å²) in [4.78, 5) is 12.3. The Bertz CT molecular complexity index is 1150. The van der Waals surface area contributed by atoms with Crippen molar-refractivity contribution in [3.8, 4) is 16.9 Å². The number of nitrogens with one attached hydrogen (secondary N) is 1. The minimum absolute atomic E-state index is 0.170. The van der Waals surface area contributed by atoms with Gasteiger partial charge in [0.2, 0.25) is 5.91 Å². The van der Waals surface area contributed by atoms with Gasteiger partial charge in [-0.3, -0.25) is 4.79 Å². The SMILES string of the molecule is O=C(C=Cc1ccc(Cl)cc1)NCc1cn(-c2ccccc2)nc1-c1ccccc1. The maximum Gasteiger partial charge on any atom is 0.244 e. The van der Waals surface area contributed by atoms with Gasteiger partial charge in [0.25, 0.3) is 0 Å². The predicted molar refractivity (Wildman–Crippen MR) is 121 cm³/mol. The Hall–Kier alpha value is -3.63. The van der Waals surface area contributed by atoms with E-state index in [1.807, 2.05) is 83.7 Å².